The number of carbonyl (C=O) groups is 1. The summed E-state index contributed by atoms with van der Waals surface area (Å²) in [5.74, 6) is 0.450. The second-order valence-corrected chi connectivity index (χ2v) is 5.99. The van der Waals surface area contributed by atoms with Crippen molar-refractivity contribution in [2.45, 2.75) is 13.0 Å². The first-order valence-corrected chi connectivity index (χ1v) is 7.53. The Morgan fingerprint density at radius 1 is 1.24 bits per heavy atom. The van der Waals surface area contributed by atoms with Crippen molar-refractivity contribution in [2.24, 2.45) is 11.3 Å². The fourth-order valence-corrected chi connectivity index (χ4v) is 3.36. The van der Waals surface area contributed by atoms with Crippen LogP contribution in [0, 0.1) is 11.3 Å². The third-order valence-electron chi connectivity index (χ3n) is 4.66. The van der Waals surface area contributed by atoms with E-state index in [1.807, 2.05) is 6.08 Å². The van der Waals surface area contributed by atoms with Crippen LogP contribution < -0.4 is 0 Å². The Morgan fingerprint density at radius 3 is 2.62 bits per heavy atom. The molecule has 0 aromatic heterocycles. The smallest absolute Gasteiger partial charge is 0.178 e. The van der Waals surface area contributed by atoms with Gasteiger partial charge in [0.05, 0.1) is 0 Å². The number of nitrogens with zero attached hydrogens (tertiary/aromatic N) is 1. The Kier molecular flexibility index (Phi) is 3.89. The van der Waals surface area contributed by atoms with Crippen molar-refractivity contribution < 1.29 is 4.79 Å². The van der Waals surface area contributed by atoms with Gasteiger partial charge < -0.3 is 0 Å². The van der Waals surface area contributed by atoms with Crippen LogP contribution in [-0.4, -0.2) is 23.8 Å². The highest BCUT2D eigenvalue weighted by Crippen LogP contribution is 2.41. The van der Waals surface area contributed by atoms with Crippen molar-refractivity contribution in [3.8, 4) is 0 Å². The number of rotatable bonds is 3. The van der Waals surface area contributed by atoms with Crippen LogP contribution in [0.25, 0.3) is 0 Å². The van der Waals surface area contributed by atoms with Gasteiger partial charge in [0, 0.05) is 24.4 Å². The minimum Gasteiger partial charge on any atom is -0.298 e. The third-order valence-corrected chi connectivity index (χ3v) is 4.66. The molecule has 1 aromatic carbocycles. The highest BCUT2D eigenvalue weighted by Gasteiger charge is 2.38. The molecule has 1 heterocycles. The van der Waals surface area contributed by atoms with Crippen LogP contribution >= 0.6 is 0 Å². The predicted octanol–water partition coefficient (Wildman–Crippen LogP) is 3.38. The molecule has 2 heteroatoms. The lowest BCUT2D eigenvalue weighted by atomic mass is 9.68. The summed E-state index contributed by atoms with van der Waals surface area (Å²) in [6, 6.07) is 10.6. The minimum absolute atomic E-state index is 0.0111. The van der Waals surface area contributed by atoms with E-state index in [2.05, 4.69) is 54.0 Å². The van der Waals surface area contributed by atoms with Gasteiger partial charge in [-0.3, -0.25) is 9.69 Å². The highest BCUT2D eigenvalue weighted by molar-refractivity contribution is 6.00. The number of allylic oxidation sites excluding steroid dienone is 4. The van der Waals surface area contributed by atoms with Gasteiger partial charge in [-0.05, 0) is 30.7 Å². The molecule has 0 saturated carbocycles. The summed E-state index contributed by atoms with van der Waals surface area (Å²) >= 11 is 0. The molecule has 1 aliphatic heterocycles. The molecule has 1 fully saturated rings. The number of likely N-dealkylation sites (tertiary alicyclic amines) is 1. The lowest BCUT2D eigenvalue weighted by Crippen LogP contribution is -2.45. The van der Waals surface area contributed by atoms with Gasteiger partial charge in [-0.15, -0.1) is 6.58 Å². The zero-order valence-electron chi connectivity index (χ0n) is 12.2. The van der Waals surface area contributed by atoms with Crippen LogP contribution in [0.4, 0.5) is 0 Å². The molecule has 0 radical (unpaired) electrons. The Balaban J connectivity index is 1.72. The van der Waals surface area contributed by atoms with Gasteiger partial charge in [-0.1, -0.05) is 48.6 Å². The lowest BCUT2D eigenvalue weighted by Gasteiger charge is -2.44. The van der Waals surface area contributed by atoms with Crippen molar-refractivity contribution in [3.63, 3.8) is 0 Å². The maximum atomic E-state index is 11.4. The fraction of sp³-hybridized carbons (Fsp3) is 0.316. The molecule has 2 aliphatic rings. The van der Waals surface area contributed by atoms with E-state index in [9.17, 15) is 4.79 Å². The van der Waals surface area contributed by atoms with E-state index in [-0.39, 0.29) is 11.2 Å². The van der Waals surface area contributed by atoms with E-state index >= 15 is 0 Å². The number of ketones is 1. The first-order chi connectivity index (χ1) is 10.2. The minimum atomic E-state index is -0.0111. The summed E-state index contributed by atoms with van der Waals surface area (Å²) in [4.78, 5) is 13.9. The summed E-state index contributed by atoms with van der Waals surface area (Å²) in [7, 11) is 0. The average molecular weight is 279 g/mol. The average Bonchev–Trinajstić information content (AvgIpc) is 2.53. The highest BCUT2D eigenvalue weighted by atomic mass is 16.1. The Hall–Kier alpha value is -1.93. The van der Waals surface area contributed by atoms with E-state index in [0.29, 0.717) is 5.92 Å². The van der Waals surface area contributed by atoms with Gasteiger partial charge >= 0.3 is 0 Å². The Morgan fingerprint density at radius 2 is 1.95 bits per heavy atom. The largest absolute Gasteiger partial charge is 0.298 e. The molecule has 21 heavy (non-hydrogen) atoms. The fourth-order valence-electron chi connectivity index (χ4n) is 3.36. The van der Waals surface area contributed by atoms with Crippen LogP contribution in [-0.2, 0) is 11.3 Å². The summed E-state index contributed by atoms with van der Waals surface area (Å²) in [5, 5.41) is 0. The van der Waals surface area contributed by atoms with Gasteiger partial charge in [0.15, 0.2) is 5.78 Å². The van der Waals surface area contributed by atoms with Crippen molar-refractivity contribution in [1.29, 1.82) is 0 Å². The monoisotopic (exact) mass is 279 g/mol. The summed E-state index contributed by atoms with van der Waals surface area (Å²) in [6.07, 6.45) is 10.7. The van der Waals surface area contributed by atoms with E-state index in [4.69, 9.17) is 0 Å². The summed E-state index contributed by atoms with van der Waals surface area (Å²) in [6.45, 7) is 7.03. The zero-order valence-corrected chi connectivity index (χ0v) is 12.2. The van der Waals surface area contributed by atoms with Crippen molar-refractivity contribution in [3.05, 3.63) is 72.9 Å². The molecule has 3 rings (SSSR count). The summed E-state index contributed by atoms with van der Waals surface area (Å²) in [5.41, 5.74) is 1.34. The number of piperidine rings is 1. The SMILES string of the molecule is C=CC1CN(Cc2ccccc2)CCC12C=CC(=O)C=C2. The normalized spacial score (nSPS) is 24.4. The Bertz CT molecular complexity index is 569. The van der Waals surface area contributed by atoms with Crippen molar-refractivity contribution in [1.82, 2.24) is 4.90 Å². The zero-order chi connectivity index (χ0) is 14.7. The number of hydrogen-bond acceptors (Lipinski definition) is 2. The maximum absolute atomic E-state index is 11.4. The second kappa shape index (κ2) is 5.82. The first-order valence-electron chi connectivity index (χ1n) is 7.53. The van der Waals surface area contributed by atoms with Gasteiger partial charge in [0.25, 0.3) is 0 Å². The molecule has 108 valence electrons. The third kappa shape index (κ3) is 2.91. The van der Waals surface area contributed by atoms with Crippen LogP contribution in [0.2, 0.25) is 0 Å². The number of hydrogen-bond donors (Lipinski definition) is 0. The van der Waals surface area contributed by atoms with E-state index in [0.717, 1.165) is 26.1 Å². The summed E-state index contributed by atoms with van der Waals surface area (Å²) < 4.78 is 0. The molecule has 0 N–H and O–H groups in total. The van der Waals surface area contributed by atoms with E-state index < -0.39 is 0 Å². The molecule has 1 spiro atoms. The Labute approximate surface area is 126 Å². The number of carbonyl (C=O) groups excluding carboxylic acids is 1. The topological polar surface area (TPSA) is 20.3 Å². The van der Waals surface area contributed by atoms with Gasteiger partial charge in [-0.2, -0.15) is 0 Å². The first kappa shape index (κ1) is 14.0. The molecule has 0 amide bonds. The van der Waals surface area contributed by atoms with Crippen molar-refractivity contribution >= 4 is 5.78 Å². The lowest BCUT2D eigenvalue weighted by molar-refractivity contribution is -0.110. The molecule has 1 aliphatic carbocycles. The van der Waals surface area contributed by atoms with Gasteiger partial charge in [0.1, 0.15) is 0 Å². The molecular formula is C19H21NO. The van der Waals surface area contributed by atoms with Gasteiger partial charge in [-0.25, -0.2) is 0 Å². The van der Waals surface area contributed by atoms with Crippen LogP contribution in [0.15, 0.2) is 67.3 Å². The number of benzene rings is 1. The standard InChI is InChI=1S/C19H21NO/c1-2-17-15-20(14-16-6-4-3-5-7-16)13-12-19(17)10-8-18(21)9-11-19/h2-11,17H,1,12-15H2. The van der Waals surface area contributed by atoms with E-state index in [1.54, 1.807) is 12.2 Å². The second-order valence-electron chi connectivity index (χ2n) is 5.99. The van der Waals surface area contributed by atoms with Crippen LogP contribution in [0.5, 0.6) is 0 Å². The van der Waals surface area contributed by atoms with Crippen LogP contribution in [0.3, 0.4) is 0 Å². The maximum Gasteiger partial charge on any atom is 0.178 e. The van der Waals surface area contributed by atoms with Gasteiger partial charge in [0.2, 0.25) is 0 Å². The molecule has 1 atom stereocenters. The molecule has 1 saturated heterocycles. The quantitative estimate of drug-likeness (QED) is 0.791. The van der Waals surface area contributed by atoms with Crippen LogP contribution in [0.1, 0.15) is 12.0 Å². The van der Waals surface area contributed by atoms with Crippen molar-refractivity contribution in [2.75, 3.05) is 13.1 Å². The molecule has 1 unspecified atom stereocenters. The molecule has 0 bridgehead atoms. The predicted molar refractivity (Wildman–Crippen MR) is 85.7 cm³/mol. The van der Waals surface area contributed by atoms with E-state index in [1.165, 1.54) is 5.56 Å². The molecule has 2 nitrogen and oxygen atoms in total. The molecular weight excluding hydrogens is 258 g/mol. The molecule has 1 aromatic rings.